The Morgan fingerprint density at radius 1 is 1.29 bits per heavy atom. The lowest BCUT2D eigenvalue weighted by atomic mass is 10.1. The second-order valence-corrected chi connectivity index (χ2v) is 4.59. The van der Waals surface area contributed by atoms with Crippen LogP contribution >= 0.6 is 0 Å². The number of aryl methyl sites for hydroxylation is 2. The number of aliphatic carboxylic acids is 1. The predicted octanol–water partition coefficient (Wildman–Crippen LogP) is 1.96. The lowest BCUT2D eigenvalue weighted by Gasteiger charge is -2.08. The minimum absolute atomic E-state index is 0.190. The first kappa shape index (κ1) is 11.6. The van der Waals surface area contributed by atoms with Crippen molar-refractivity contribution in [2.75, 3.05) is 5.32 Å². The molecule has 0 radical (unpaired) electrons. The Morgan fingerprint density at radius 2 is 2.00 bits per heavy atom. The molecule has 4 nitrogen and oxygen atoms in total. The van der Waals surface area contributed by atoms with Gasteiger partial charge in [0.25, 0.3) is 0 Å². The van der Waals surface area contributed by atoms with Crippen molar-refractivity contribution in [2.45, 2.75) is 20.3 Å². The zero-order valence-corrected chi connectivity index (χ0v) is 9.86. The number of amides is 1. The molecule has 90 valence electrons. The third-order valence-electron chi connectivity index (χ3n) is 3.08. The van der Waals surface area contributed by atoms with Crippen LogP contribution in [0.25, 0.3) is 0 Å². The number of hydrogen-bond acceptors (Lipinski definition) is 2. The molecule has 0 aromatic heterocycles. The molecule has 0 saturated heterocycles. The molecule has 17 heavy (non-hydrogen) atoms. The molecular weight excluding hydrogens is 218 g/mol. The summed E-state index contributed by atoms with van der Waals surface area (Å²) in [6.45, 7) is 3.91. The van der Waals surface area contributed by atoms with Gasteiger partial charge in [0, 0.05) is 5.69 Å². The number of rotatable bonds is 3. The Kier molecular flexibility index (Phi) is 2.88. The molecule has 1 fully saturated rings. The third kappa shape index (κ3) is 2.46. The van der Waals surface area contributed by atoms with Crippen LogP contribution in [0.5, 0.6) is 0 Å². The van der Waals surface area contributed by atoms with Gasteiger partial charge in [0.05, 0.1) is 11.8 Å². The average molecular weight is 233 g/mol. The normalized spacial score (nSPS) is 22.0. The van der Waals surface area contributed by atoms with Crippen LogP contribution in [0, 0.1) is 25.7 Å². The van der Waals surface area contributed by atoms with Crippen LogP contribution in [0.1, 0.15) is 17.5 Å². The third-order valence-corrected chi connectivity index (χ3v) is 3.08. The summed E-state index contributed by atoms with van der Waals surface area (Å²) in [4.78, 5) is 22.4. The van der Waals surface area contributed by atoms with Crippen LogP contribution in [0.2, 0.25) is 0 Å². The lowest BCUT2D eigenvalue weighted by Crippen LogP contribution is -2.17. The van der Waals surface area contributed by atoms with Crippen molar-refractivity contribution in [1.82, 2.24) is 0 Å². The second kappa shape index (κ2) is 4.20. The number of benzene rings is 1. The summed E-state index contributed by atoms with van der Waals surface area (Å²) in [6, 6.07) is 5.75. The smallest absolute Gasteiger partial charge is 0.307 e. The molecule has 0 spiro atoms. The standard InChI is InChI=1S/C13H15NO3/c1-7-3-4-11(8(2)5-7)14-12(15)9-6-10(9)13(16)17/h3-5,9-10H,6H2,1-2H3,(H,14,15)(H,16,17). The van der Waals surface area contributed by atoms with Crippen molar-refractivity contribution in [3.63, 3.8) is 0 Å². The summed E-state index contributed by atoms with van der Waals surface area (Å²) < 4.78 is 0. The Bertz CT molecular complexity index is 482. The fourth-order valence-electron chi connectivity index (χ4n) is 1.94. The molecule has 2 atom stereocenters. The zero-order valence-electron chi connectivity index (χ0n) is 9.86. The average Bonchev–Trinajstić information content (AvgIpc) is 3.01. The number of nitrogens with one attached hydrogen (secondary N) is 1. The molecule has 4 heteroatoms. The summed E-state index contributed by atoms with van der Waals surface area (Å²) in [5.74, 6) is -1.94. The Hall–Kier alpha value is -1.84. The molecule has 1 aliphatic carbocycles. The summed E-state index contributed by atoms with van der Waals surface area (Å²) in [6.07, 6.45) is 0.450. The summed E-state index contributed by atoms with van der Waals surface area (Å²) in [5, 5.41) is 11.5. The number of anilines is 1. The maximum absolute atomic E-state index is 11.8. The van der Waals surface area contributed by atoms with E-state index in [1.54, 1.807) is 0 Å². The van der Waals surface area contributed by atoms with E-state index in [0.717, 1.165) is 16.8 Å². The van der Waals surface area contributed by atoms with Crippen LogP contribution in [-0.2, 0) is 9.59 Å². The van der Waals surface area contributed by atoms with Crippen molar-refractivity contribution in [1.29, 1.82) is 0 Å². The van der Waals surface area contributed by atoms with Gasteiger partial charge in [0.15, 0.2) is 0 Å². The van der Waals surface area contributed by atoms with E-state index in [2.05, 4.69) is 5.32 Å². The van der Waals surface area contributed by atoms with Crippen LogP contribution in [-0.4, -0.2) is 17.0 Å². The zero-order chi connectivity index (χ0) is 12.6. The molecule has 1 aliphatic rings. The number of carboxylic acids is 1. The Balaban J connectivity index is 2.02. The number of carbonyl (C=O) groups excluding carboxylic acids is 1. The van der Waals surface area contributed by atoms with Gasteiger partial charge in [-0.05, 0) is 31.9 Å². The number of carboxylic acid groups (broad SMARTS) is 1. The highest BCUT2D eigenvalue weighted by Gasteiger charge is 2.48. The van der Waals surface area contributed by atoms with Gasteiger partial charge < -0.3 is 10.4 Å². The fourth-order valence-corrected chi connectivity index (χ4v) is 1.94. The van der Waals surface area contributed by atoms with E-state index >= 15 is 0 Å². The van der Waals surface area contributed by atoms with E-state index in [9.17, 15) is 9.59 Å². The molecule has 0 bridgehead atoms. The Labute approximate surface area is 99.6 Å². The second-order valence-electron chi connectivity index (χ2n) is 4.59. The van der Waals surface area contributed by atoms with Crippen molar-refractivity contribution >= 4 is 17.6 Å². The van der Waals surface area contributed by atoms with E-state index in [-0.39, 0.29) is 11.8 Å². The van der Waals surface area contributed by atoms with Gasteiger partial charge >= 0.3 is 5.97 Å². The Morgan fingerprint density at radius 3 is 2.53 bits per heavy atom. The largest absolute Gasteiger partial charge is 0.481 e. The lowest BCUT2D eigenvalue weighted by molar-refractivity contribution is -0.139. The van der Waals surface area contributed by atoms with Crippen molar-refractivity contribution in [3.8, 4) is 0 Å². The monoisotopic (exact) mass is 233 g/mol. The number of carbonyl (C=O) groups is 2. The highest BCUT2D eigenvalue weighted by molar-refractivity contribution is 5.98. The fraction of sp³-hybridized carbons (Fsp3) is 0.385. The number of hydrogen-bond donors (Lipinski definition) is 2. The minimum Gasteiger partial charge on any atom is -0.481 e. The summed E-state index contributed by atoms with van der Waals surface area (Å²) in [7, 11) is 0. The highest BCUT2D eigenvalue weighted by atomic mass is 16.4. The summed E-state index contributed by atoms with van der Waals surface area (Å²) in [5.41, 5.74) is 2.89. The van der Waals surface area contributed by atoms with Crippen LogP contribution in [0.4, 0.5) is 5.69 Å². The van der Waals surface area contributed by atoms with Gasteiger partial charge in [0.2, 0.25) is 5.91 Å². The first-order valence-electron chi connectivity index (χ1n) is 5.60. The van der Waals surface area contributed by atoms with Crippen molar-refractivity contribution < 1.29 is 14.7 Å². The molecule has 1 saturated carbocycles. The van der Waals surface area contributed by atoms with Crippen LogP contribution < -0.4 is 5.32 Å². The molecule has 2 unspecified atom stereocenters. The SMILES string of the molecule is Cc1ccc(NC(=O)C2CC2C(=O)O)c(C)c1. The van der Waals surface area contributed by atoms with Crippen molar-refractivity contribution in [3.05, 3.63) is 29.3 Å². The van der Waals surface area contributed by atoms with Gasteiger partial charge in [-0.2, -0.15) is 0 Å². The predicted molar refractivity (Wildman–Crippen MR) is 63.8 cm³/mol. The molecule has 2 rings (SSSR count). The van der Waals surface area contributed by atoms with Crippen LogP contribution in [0.15, 0.2) is 18.2 Å². The summed E-state index contributed by atoms with van der Waals surface area (Å²) >= 11 is 0. The van der Waals surface area contributed by atoms with Gasteiger partial charge in [-0.25, -0.2) is 0 Å². The highest BCUT2D eigenvalue weighted by Crippen LogP contribution is 2.39. The van der Waals surface area contributed by atoms with Gasteiger partial charge in [-0.15, -0.1) is 0 Å². The first-order valence-corrected chi connectivity index (χ1v) is 5.60. The maximum atomic E-state index is 11.8. The quantitative estimate of drug-likeness (QED) is 0.838. The van der Waals surface area contributed by atoms with Gasteiger partial charge in [0.1, 0.15) is 0 Å². The van der Waals surface area contributed by atoms with Gasteiger partial charge in [-0.1, -0.05) is 17.7 Å². The molecule has 1 amide bonds. The van der Waals surface area contributed by atoms with E-state index in [1.165, 1.54) is 0 Å². The maximum Gasteiger partial charge on any atom is 0.307 e. The first-order chi connectivity index (χ1) is 7.99. The molecule has 2 N–H and O–H groups in total. The minimum atomic E-state index is -0.884. The van der Waals surface area contributed by atoms with Gasteiger partial charge in [-0.3, -0.25) is 9.59 Å². The molecule has 0 aliphatic heterocycles. The van der Waals surface area contributed by atoms with E-state index in [1.807, 2.05) is 32.0 Å². The molecule has 0 heterocycles. The van der Waals surface area contributed by atoms with Crippen LogP contribution in [0.3, 0.4) is 0 Å². The van der Waals surface area contributed by atoms with E-state index < -0.39 is 11.9 Å². The molecule has 1 aromatic carbocycles. The van der Waals surface area contributed by atoms with E-state index in [0.29, 0.717) is 6.42 Å². The van der Waals surface area contributed by atoms with E-state index in [4.69, 9.17) is 5.11 Å². The van der Waals surface area contributed by atoms with Crippen molar-refractivity contribution in [2.24, 2.45) is 11.8 Å². The molecule has 1 aromatic rings. The topological polar surface area (TPSA) is 66.4 Å². The molecular formula is C13H15NO3.